The Morgan fingerprint density at radius 1 is 1.00 bits per heavy atom. The van der Waals surface area contributed by atoms with E-state index in [0.717, 1.165) is 17.0 Å². The molecule has 3 aromatic rings. The highest BCUT2D eigenvalue weighted by Crippen LogP contribution is 2.31. The number of hydrogen-bond acceptors (Lipinski definition) is 4. The number of rotatable bonds is 6. The van der Waals surface area contributed by atoms with Gasteiger partial charge in [-0.3, -0.25) is 14.6 Å². The number of carbonyl (C=O) groups excluding carboxylic acids is 2. The second-order valence-electron chi connectivity index (χ2n) is 8.32. The van der Waals surface area contributed by atoms with Crippen molar-refractivity contribution in [2.45, 2.75) is 18.9 Å². The Labute approximate surface area is 194 Å². The second kappa shape index (κ2) is 10.3. The van der Waals surface area contributed by atoms with Crippen LogP contribution in [0.3, 0.4) is 0 Å². The number of amides is 2. The summed E-state index contributed by atoms with van der Waals surface area (Å²) in [5, 5.41) is 0. The van der Waals surface area contributed by atoms with Crippen molar-refractivity contribution in [3.63, 3.8) is 0 Å². The Morgan fingerprint density at radius 2 is 1.73 bits per heavy atom. The van der Waals surface area contributed by atoms with Gasteiger partial charge >= 0.3 is 0 Å². The lowest BCUT2D eigenvalue weighted by atomic mass is 9.93. The van der Waals surface area contributed by atoms with Crippen LogP contribution in [0.5, 0.6) is 5.75 Å². The molecule has 170 valence electrons. The van der Waals surface area contributed by atoms with Crippen LogP contribution in [-0.2, 0) is 4.79 Å². The Kier molecular flexibility index (Phi) is 7.03. The number of ether oxygens (including phenoxy) is 1. The van der Waals surface area contributed by atoms with Gasteiger partial charge in [-0.2, -0.15) is 0 Å². The van der Waals surface area contributed by atoms with Gasteiger partial charge in [0.15, 0.2) is 0 Å². The molecular formula is C27H29N3O3. The molecular weight excluding hydrogens is 414 g/mol. The van der Waals surface area contributed by atoms with Crippen molar-refractivity contribution in [2.75, 3.05) is 27.2 Å². The first-order valence-corrected chi connectivity index (χ1v) is 11.2. The van der Waals surface area contributed by atoms with E-state index in [4.69, 9.17) is 4.74 Å². The molecule has 6 nitrogen and oxygen atoms in total. The molecule has 2 aromatic carbocycles. The highest BCUT2D eigenvalue weighted by atomic mass is 16.5. The van der Waals surface area contributed by atoms with Crippen LogP contribution in [0.15, 0.2) is 79.0 Å². The number of carbonyl (C=O) groups is 2. The molecule has 2 amide bonds. The van der Waals surface area contributed by atoms with Gasteiger partial charge in [-0.1, -0.05) is 36.4 Å². The van der Waals surface area contributed by atoms with Gasteiger partial charge in [-0.15, -0.1) is 0 Å². The van der Waals surface area contributed by atoms with E-state index >= 15 is 0 Å². The molecule has 1 aliphatic rings. The van der Waals surface area contributed by atoms with E-state index in [-0.39, 0.29) is 23.8 Å². The molecule has 0 N–H and O–H groups in total. The number of methoxy groups -OCH3 is 1. The first-order chi connectivity index (χ1) is 16.1. The van der Waals surface area contributed by atoms with Gasteiger partial charge < -0.3 is 14.5 Å². The van der Waals surface area contributed by atoms with E-state index in [9.17, 15) is 9.59 Å². The normalized spacial score (nSPS) is 15.0. The Balaban J connectivity index is 1.50. The van der Waals surface area contributed by atoms with Crippen molar-refractivity contribution in [3.8, 4) is 5.75 Å². The summed E-state index contributed by atoms with van der Waals surface area (Å²) < 4.78 is 5.41. The summed E-state index contributed by atoms with van der Waals surface area (Å²) in [7, 11) is 3.47. The zero-order valence-corrected chi connectivity index (χ0v) is 19.1. The molecule has 2 heterocycles. The summed E-state index contributed by atoms with van der Waals surface area (Å²) in [4.78, 5) is 34.5. The van der Waals surface area contributed by atoms with Gasteiger partial charge in [-0.25, -0.2) is 0 Å². The third-order valence-electron chi connectivity index (χ3n) is 6.26. The molecule has 1 aromatic heterocycles. The van der Waals surface area contributed by atoms with Crippen molar-refractivity contribution in [1.82, 2.24) is 14.8 Å². The monoisotopic (exact) mass is 443 g/mol. The van der Waals surface area contributed by atoms with Crippen LogP contribution >= 0.6 is 0 Å². The van der Waals surface area contributed by atoms with Gasteiger partial charge in [0.25, 0.3) is 5.91 Å². The van der Waals surface area contributed by atoms with Crippen molar-refractivity contribution >= 4 is 11.8 Å². The summed E-state index contributed by atoms with van der Waals surface area (Å²) in [5.74, 6) is 0.700. The third-order valence-corrected chi connectivity index (χ3v) is 6.26. The molecule has 1 aliphatic heterocycles. The summed E-state index contributed by atoms with van der Waals surface area (Å²) in [5.41, 5.74) is 2.44. The lowest BCUT2D eigenvalue weighted by molar-refractivity contribution is -0.137. The Hall–Kier alpha value is -3.67. The van der Waals surface area contributed by atoms with Gasteiger partial charge in [0.1, 0.15) is 5.75 Å². The predicted molar refractivity (Wildman–Crippen MR) is 127 cm³/mol. The lowest BCUT2D eigenvalue weighted by Gasteiger charge is -2.36. The molecule has 0 aliphatic carbocycles. The number of pyridine rings is 1. The maximum absolute atomic E-state index is 13.6. The van der Waals surface area contributed by atoms with E-state index < -0.39 is 0 Å². The number of likely N-dealkylation sites (tertiary alicyclic amines) is 1. The van der Waals surface area contributed by atoms with E-state index in [1.165, 1.54) is 0 Å². The van der Waals surface area contributed by atoms with E-state index in [0.29, 0.717) is 31.5 Å². The minimum atomic E-state index is -0.321. The van der Waals surface area contributed by atoms with E-state index in [1.807, 2.05) is 84.7 Å². The number of hydrogen-bond donors (Lipinski definition) is 0. The molecule has 1 atom stereocenters. The van der Waals surface area contributed by atoms with Crippen molar-refractivity contribution in [1.29, 1.82) is 0 Å². The van der Waals surface area contributed by atoms with Gasteiger partial charge in [0, 0.05) is 37.8 Å². The number of piperidine rings is 1. The van der Waals surface area contributed by atoms with E-state index in [1.54, 1.807) is 18.2 Å². The highest BCUT2D eigenvalue weighted by Gasteiger charge is 2.33. The van der Waals surface area contributed by atoms with Crippen LogP contribution in [0, 0.1) is 5.92 Å². The molecule has 4 rings (SSSR count). The van der Waals surface area contributed by atoms with Crippen LogP contribution in [0.4, 0.5) is 0 Å². The molecule has 0 spiro atoms. The lowest BCUT2D eigenvalue weighted by Crippen LogP contribution is -2.44. The first-order valence-electron chi connectivity index (χ1n) is 11.2. The zero-order chi connectivity index (χ0) is 23.2. The molecule has 0 saturated carbocycles. The summed E-state index contributed by atoms with van der Waals surface area (Å²) >= 11 is 0. The van der Waals surface area contributed by atoms with Crippen molar-refractivity contribution in [3.05, 3.63) is 95.8 Å². The molecule has 1 unspecified atom stereocenters. The maximum Gasteiger partial charge on any atom is 0.253 e. The van der Waals surface area contributed by atoms with E-state index in [2.05, 4.69) is 4.98 Å². The average molecular weight is 444 g/mol. The van der Waals surface area contributed by atoms with Crippen molar-refractivity contribution in [2.24, 2.45) is 5.92 Å². The fourth-order valence-electron chi connectivity index (χ4n) is 4.45. The largest absolute Gasteiger partial charge is 0.497 e. The number of aromatic nitrogens is 1. The van der Waals surface area contributed by atoms with Gasteiger partial charge in [-0.05, 0) is 54.8 Å². The summed E-state index contributed by atoms with van der Waals surface area (Å²) in [6.45, 7) is 1.15. The minimum absolute atomic E-state index is 0.0256. The minimum Gasteiger partial charge on any atom is -0.497 e. The summed E-state index contributed by atoms with van der Waals surface area (Å²) in [6, 6.07) is 22.5. The van der Waals surface area contributed by atoms with Crippen LogP contribution < -0.4 is 4.74 Å². The molecule has 1 saturated heterocycles. The molecule has 33 heavy (non-hydrogen) atoms. The topological polar surface area (TPSA) is 62.7 Å². The van der Waals surface area contributed by atoms with Gasteiger partial charge in [0.2, 0.25) is 5.91 Å². The van der Waals surface area contributed by atoms with Crippen LogP contribution in [0.1, 0.15) is 40.5 Å². The van der Waals surface area contributed by atoms with Crippen molar-refractivity contribution < 1.29 is 14.3 Å². The van der Waals surface area contributed by atoms with Gasteiger partial charge in [0.05, 0.1) is 18.8 Å². The average Bonchev–Trinajstić information content (AvgIpc) is 2.89. The van der Waals surface area contributed by atoms with Crippen LogP contribution in [0.2, 0.25) is 0 Å². The van der Waals surface area contributed by atoms with Crippen LogP contribution in [0.25, 0.3) is 0 Å². The highest BCUT2D eigenvalue weighted by molar-refractivity contribution is 5.94. The molecule has 0 radical (unpaired) electrons. The predicted octanol–water partition coefficient (Wildman–Crippen LogP) is 4.19. The Morgan fingerprint density at radius 3 is 2.39 bits per heavy atom. The zero-order valence-electron chi connectivity index (χ0n) is 19.1. The second-order valence-corrected chi connectivity index (χ2v) is 8.32. The Bertz CT molecular complexity index is 1080. The summed E-state index contributed by atoms with van der Waals surface area (Å²) in [6.07, 6.45) is 3.04. The fourth-order valence-corrected chi connectivity index (χ4v) is 4.45. The molecule has 0 bridgehead atoms. The fraction of sp³-hybridized carbons (Fsp3) is 0.296. The molecule has 6 heteroatoms. The smallest absolute Gasteiger partial charge is 0.253 e. The number of nitrogens with zero attached hydrogens (tertiary/aromatic N) is 3. The van der Waals surface area contributed by atoms with Crippen LogP contribution in [-0.4, -0.2) is 53.8 Å². The maximum atomic E-state index is 13.6. The standard InChI is InChI=1S/C27H29N3O3/c1-29(25(24-13-6-7-16-28-24)22-11-8-12-23(19-22)33-2)26(31)21-14-17-30(18-15-21)27(32)20-9-4-3-5-10-20/h3-13,16,19,21,25H,14-15,17-18H2,1-2H3. The molecule has 1 fully saturated rings. The quantitative estimate of drug-likeness (QED) is 0.573. The third kappa shape index (κ3) is 5.06. The first kappa shape index (κ1) is 22.5. The SMILES string of the molecule is COc1cccc(C(c2ccccn2)N(C)C(=O)C2CCN(C(=O)c3ccccc3)CC2)c1. The number of benzene rings is 2.